The summed E-state index contributed by atoms with van der Waals surface area (Å²) in [5.41, 5.74) is 1.83. The van der Waals surface area contributed by atoms with Gasteiger partial charge < -0.3 is 0 Å². The fourth-order valence-electron chi connectivity index (χ4n) is 1.11. The first-order valence-electron chi connectivity index (χ1n) is 4.80. The van der Waals surface area contributed by atoms with Crippen LogP contribution >= 0.6 is 0 Å². The minimum atomic E-state index is 0. The first kappa shape index (κ1) is 20.1. The molecule has 1 aliphatic rings. The van der Waals surface area contributed by atoms with Crippen molar-refractivity contribution in [1.29, 1.82) is 0 Å². The zero-order chi connectivity index (χ0) is 13.6. The third-order valence-corrected chi connectivity index (χ3v) is 1.78. The molecular weight excluding hydrogens is 326 g/mol. The average molecular weight is 336 g/mol. The van der Waals surface area contributed by atoms with Crippen molar-refractivity contribution in [2.24, 2.45) is 0 Å². The zero-order valence-corrected chi connectivity index (χ0v) is 11.8. The molecule has 1 saturated carbocycles. The molecule has 0 amide bonds. The van der Waals surface area contributed by atoms with Gasteiger partial charge in [0.25, 0.3) is 0 Å². The smallest absolute Gasteiger partial charge is 0.112 e. The van der Waals surface area contributed by atoms with E-state index in [1.807, 2.05) is 56.4 Å². The number of hydrogen-bond donors (Lipinski definition) is 1. The van der Waals surface area contributed by atoms with Gasteiger partial charge >= 0.3 is 22.6 Å². The van der Waals surface area contributed by atoms with Crippen molar-refractivity contribution >= 4 is 11.0 Å². The van der Waals surface area contributed by atoms with Gasteiger partial charge in [-0.2, -0.15) is 15.4 Å². The molecule has 2 aromatic rings. The van der Waals surface area contributed by atoms with Crippen LogP contribution in [0.25, 0.3) is 11.0 Å². The van der Waals surface area contributed by atoms with E-state index in [9.17, 15) is 0 Å². The number of nitrogens with zero attached hydrogens (tertiary/aromatic N) is 2. The van der Waals surface area contributed by atoms with Gasteiger partial charge in [0, 0.05) is 21.1 Å². The van der Waals surface area contributed by atoms with Gasteiger partial charge in [-0.1, -0.05) is 12.1 Å². The van der Waals surface area contributed by atoms with Crippen LogP contribution in [0.3, 0.4) is 0 Å². The number of aromatic nitrogens is 3. The van der Waals surface area contributed by atoms with Crippen molar-refractivity contribution in [3.8, 4) is 0 Å². The molecule has 1 aliphatic carbocycles. The first-order chi connectivity index (χ1) is 8.97. The van der Waals surface area contributed by atoms with Gasteiger partial charge in [-0.15, -0.1) is 0 Å². The second-order valence-corrected chi connectivity index (χ2v) is 2.77. The monoisotopic (exact) mass is 338 g/mol. The summed E-state index contributed by atoms with van der Waals surface area (Å²) in [4.78, 5) is 0. The maximum atomic E-state index is 7.50. The normalized spacial score (nSPS) is 11.4. The molecule has 1 aromatic heterocycles. The molecule has 0 unspecified atom stereocenters. The van der Waals surface area contributed by atoms with E-state index in [0.29, 0.717) is 0 Å². The van der Waals surface area contributed by atoms with E-state index < -0.39 is 0 Å². The maximum Gasteiger partial charge on any atom is 0.112 e. The van der Waals surface area contributed by atoms with Gasteiger partial charge in [-0.3, -0.25) is 0 Å². The van der Waals surface area contributed by atoms with Crippen LogP contribution in [0.2, 0.25) is 0 Å². The Morgan fingerprint density at radius 2 is 1.05 bits per heavy atom. The predicted molar refractivity (Wildman–Crippen MR) is 63.2 cm³/mol. The molecule has 0 atom stereocenters. The molecule has 0 aliphatic heterocycles. The zero-order valence-electron chi connectivity index (χ0n) is 9.82. The molecule has 1 N–H and O–H groups in total. The van der Waals surface area contributed by atoms with Crippen LogP contribution in [-0.2, 0) is 30.4 Å². The van der Waals surface area contributed by atoms with Crippen LogP contribution in [0.15, 0.2) is 24.3 Å². The Kier molecular flexibility index (Phi) is 15.7. The van der Waals surface area contributed by atoms with Crippen molar-refractivity contribution < 1.29 is 30.4 Å². The number of para-hydroxylation sites is 2. The standard InChI is InChI=1S/C6H5N3.C5H5.2CO.Mo/c1-2-4-6-5(3-1)7-9-8-6;1-2-4-5-3-1;2*1-2;/h1-4H,(H,7,8,9);1-5H;;;. The van der Waals surface area contributed by atoms with E-state index in [1.54, 1.807) is 0 Å². The van der Waals surface area contributed by atoms with Crippen LogP contribution in [0.4, 0.5) is 0 Å². The minimum Gasteiger partial charge on any atom is -0.197 e. The molecule has 5 radical (unpaired) electrons. The summed E-state index contributed by atoms with van der Waals surface area (Å²) in [7, 11) is 0. The summed E-state index contributed by atoms with van der Waals surface area (Å²) in [5.74, 6) is 0. The maximum absolute atomic E-state index is 7.50. The van der Waals surface area contributed by atoms with Crippen LogP contribution in [-0.4, -0.2) is 15.4 Å². The second-order valence-electron chi connectivity index (χ2n) is 2.77. The molecule has 19 heavy (non-hydrogen) atoms. The summed E-state index contributed by atoms with van der Waals surface area (Å²) < 4.78 is 15.0. The van der Waals surface area contributed by atoms with E-state index in [4.69, 9.17) is 9.30 Å². The molecule has 95 valence electrons. The van der Waals surface area contributed by atoms with Crippen molar-refractivity contribution in [1.82, 2.24) is 15.4 Å². The Hall–Kier alpha value is -1.21. The van der Waals surface area contributed by atoms with E-state index in [1.165, 1.54) is 0 Å². The fourth-order valence-corrected chi connectivity index (χ4v) is 1.11. The molecule has 0 saturated heterocycles. The minimum absolute atomic E-state index is 0. The van der Waals surface area contributed by atoms with Gasteiger partial charge in [0.2, 0.25) is 0 Å². The van der Waals surface area contributed by atoms with Gasteiger partial charge in [0.05, 0.1) is 0 Å². The van der Waals surface area contributed by atoms with Crippen molar-refractivity contribution in [2.75, 3.05) is 0 Å². The topological polar surface area (TPSA) is 81.4 Å². The number of benzene rings is 1. The molecule has 5 nitrogen and oxygen atoms in total. The largest absolute Gasteiger partial charge is 0.197 e. The van der Waals surface area contributed by atoms with Crippen LogP contribution < -0.4 is 0 Å². The summed E-state index contributed by atoms with van der Waals surface area (Å²) >= 11 is 0. The molecule has 1 heterocycles. The van der Waals surface area contributed by atoms with E-state index in [0.717, 1.165) is 11.0 Å². The predicted octanol–water partition coefficient (Wildman–Crippen LogP) is 1.90. The van der Waals surface area contributed by atoms with Crippen LogP contribution in [0, 0.1) is 45.4 Å². The van der Waals surface area contributed by atoms with Gasteiger partial charge in [0.1, 0.15) is 11.0 Å². The first-order valence-corrected chi connectivity index (χ1v) is 4.80. The van der Waals surface area contributed by atoms with Gasteiger partial charge in [-0.05, 0) is 44.2 Å². The average Bonchev–Trinajstić information content (AvgIpc) is 3.17. The SMILES string of the molecule is [C-]#[O+].[C-]#[O+].[CH]1[CH][CH][CH][CH]1.[Mo].c1ccc2n[nH]nc2c1. The summed E-state index contributed by atoms with van der Waals surface area (Å²) in [6.45, 7) is 9.00. The van der Waals surface area contributed by atoms with Crippen molar-refractivity contribution in [3.05, 3.63) is 69.7 Å². The molecule has 3 rings (SSSR count). The Morgan fingerprint density at radius 1 is 0.737 bits per heavy atom. The number of rotatable bonds is 0. The molecule has 1 fully saturated rings. The summed E-state index contributed by atoms with van der Waals surface area (Å²) in [6, 6.07) is 7.70. The fraction of sp³-hybridized carbons (Fsp3) is 0. The molecule has 0 spiro atoms. The van der Waals surface area contributed by atoms with Crippen LogP contribution in [0.5, 0.6) is 0 Å². The van der Waals surface area contributed by atoms with E-state index >= 15 is 0 Å². The number of fused-ring (bicyclic) bond motifs is 1. The Morgan fingerprint density at radius 3 is 1.37 bits per heavy atom. The number of aromatic amines is 1. The number of hydrogen-bond acceptors (Lipinski definition) is 2. The van der Waals surface area contributed by atoms with E-state index in [-0.39, 0.29) is 21.1 Å². The van der Waals surface area contributed by atoms with Crippen LogP contribution in [0.1, 0.15) is 0 Å². The Balaban J connectivity index is 0. The quantitative estimate of drug-likeness (QED) is 0.453. The van der Waals surface area contributed by atoms with Crippen molar-refractivity contribution in [3.63, 3.8) is 0 Å². The number of nitrogens with one attached hydrogen (secondary N) is 1. The van der Waals surface area contributed by atoms with E-state index in [2.05, 4.69) is 28.7 Å². The van der Waals surface area contributed by atoms with Gasteiger partial charge in [0.15, 0.2) is 0 Å². The Labute approximate surface area is 126 Å². The third kappa shape index (κ3) is 8.50. The molecule has 1 aromatic carbocycles. The van der Waals surface area contributed by atoms with Gasteiger partial charge in [-0.25, -0.2) is 0 Å². The second kappa shape index (κ2) is 14.8. The van der Waals surface area contributed by atoms with Crippen molar-refractivity contribution in [2.45, 2.75) is 0 Å². The molecular formula is C13H10MoN3O2. The number of H-pyrrole nitrogens is 1. The summed E-state index contributed by atoms with van der Waals surface area (Å²) in [5, 5.41) is 10.3. The molecule has 0 bridgehead atoms. The third-order valence-electron chi connectivity index (χ3n) is 1.78. The Bertz CT molecular complexity index is 420. The summed E-state index contributed by atoms with van der Waals surface area (Å²) in [6.07, 6.45) is 10.0. The molecule has 6 heteroatoms.